The summed E-state index contributed by atoms with van der Waals surface area (Å²) < 4.78 is 18.0. The molecule has 0 bridgehead atoms. The summed E-state index contributed by atoms with van der Waals surface area (Å²) in [6.07, 6.45) is 1.46. The molecule has 1 aliphatic rings. The molecule has 0 radical (unpaired) electrons. The van der Waals surface area contributed by atoms with E-state index in [0.29, 0.717) is 35.1 Å². The number of nitrogens with one attached hydrogen (secondary N) is 2. The standard InChI is InChI=1S/C22H26FN3O4S/c1-3-30-22(29)20-14(2)12-19(31-20)25-18(27)13-26-10-8-17(9-11-26)24-21(28)15-4-6-16(23)7-5-15/h4-7,12,17H,3,8-11,13H2,1-2H3,(H,24,28)(H,25,27). The minimum absolute atomic E-state index is 0.0175. The van der Waals surface area contributed by atoms with E-state index in [4.69, 9.17) is 4.74 Å². The molecular weight excluding hydrogens is 421 g/mol. The van der Waals surface area contributed by atoms with E-state index in [0.717, 1.165) is 18.4 Å². The number of piperidine rings is 1. The largest absolute Gasteiger partial charge is 0.462 e. The molecule has 2 heterocycles. The second kappa shape index (κ2) is 10.5. The highest BCUT2D eigenvalue weighted by molar-refractivity contribution is 7.18. The summed E-state index contributed by atoms with van der Waals surface area (Å²) >= 11 is 1.21. The van der Waals surface area contributed by atoms with E-state index in [1.165, 1.54) is 35.6 Å². The van der Waals surface area contributed by atoms with Crippen LogP contribution in [0, 0.1) is 12.7 Å². The number of hydrogen-bond acceptors (Lipinski definition) is 6. The van der Waals surface area contributed by atoms with Crippen molar-refractivity contribution in [2.45, 2.75) is 32.7 Å². The summed E-state index contributed by atoms with van der Waals surface area (Å²) in [5, 5.41) is 6.43. The zero-order valence-corrected chi connectivity index (χ0v) is 18.4. The van der Waals surface area contributed by atoms with Crippen LogP contribution in [0.5, 0.6) is 0 Å². The van der Waals surface area contributed by atoms with Gasteiger partial charge in [-0.1, -0.05) is 0 Å². The maximum atomic E-state index is 13.0. The number of ether oxygens (including phenoxy) is 1. The lowest BCUT2D eigenvalue weighted by molar-refractivity contribution is -0.117. The SMILES string of the molecule is CCOC(=O)c1sc(NC(=O)CN2CCC(NC(=O)c3ccc(F)cc3)CC2)cc1C. The number of anilines is 1. The van der Waals surface area contributed by atoms with Gasteiger partial charge < -0.3 is 15.4 Å². The van der Waals surface area contributed by atoms with E-state index in [-0.39, 0.29) is 36.2 Å². The fourth-order valence-corrected chi connectivity index (χ4v) is 4.41. The van der Waals surface area contributed by atoms with Crippen LogP contribution in [-0.4, -0.2) is 55.0 Å². The van der Waals surface area contributed by atoms with Gasteiger partial charge in [0.2, 0.25) is 5.91 Å². The Balaban J connectivity index is 1.44. The maximum Gasteiger partial charge on any atom is 0.348 e. The van der Waals surface area contributed by atoms with Gasteiger partial charge in [-0.3, -0.25) is 14.5 Å². The minimum atomic E-state index is -0.379. The average molecular weight is 448 g/mol. The second-order valence-corrected chi connectivity index (χ2v) is 8.47. The van der Waals surface area contributed by atoms with Crippen LogP contribution in [0.25, 0.3) is 0 Å². The topological polar surface area (TPSA) is 87.7 Å². The highest BCUT2D eigenvalue weighted by atomic mass is 32.1. The molecule has 0 unspecified atom stereocenters. The van der Waals surface area contributed by atoms with Gasteiger partial charge in [0.25, 0.3) is 5.91 Å². The number of thiophene rings is 1. The number of benzene rings is 1. The third-order valence-corrected chi connectivity index (χ3v) is 6.17. The molecule has 1 aromatic heterocycles. The van der Waals surface area contributed by atoms with Gasteiger partial charge >= 0.3 is 5.97 Å². The fraction of sp³-hybridized carbons (Fsp3) is 0.409. The van der Waals surface area contributed by atoms with Crippen molar-refractivity contribution in [3.8, 4) is 0 Å². The molecule has 0 aliphatic carbocycles. The summed E-state index contributed by atoms with van der Waals surface area (Å²) in [5.41, 5.74) is 1.20. The zero-order chi connectivity index (χ0) is 22.4. The predicted octanol–water partition coefficient (Wildman–Crippen LogP) is 3.21. The van der Waals surface area contributed by atoms with Crippen LogP contribution in [0.1, 0.15) is 45.4 Å². The molecule has 9 heteroatoms. The number of aryl methyl sites for hydroxylation is 1. The Bertz CT molecular complexity index is 937. The molecule has 2 N–H and O–H groups in total. The minimum Gasteiger partial charge on any atom is -0.462 e. The van der Waals surface area contributed by atoms with E-state index < -0.39 is 0 Å². The molecule has 2 aromatic rings. The summed E-state index contributed by atoms with van der Waals surface area (Å²) in [5.74, 6) is -1.12. The number of carbonyl (C=O) groups excluding carboxylic acids is 3. The molecule has 1 saturated heterocycles. The van der Waals surface area contributed by atoms with Gasteiger partial charge in [0.15, 0.2) is 0 Å². The summed E-state index contributed by atoms with van der Waals surface area (Å²) in [6.45, 7) is 5.46. The number of nitrogens with zero attached hydrogens (tertiary/aromatic N) is 1. The first-order valence-corrected chi connectivity index (χ1v) is 11.0. The Morgan fingerprint density at radius 1 is 1.19 bits per heavy atom. The van der Waals surface area contributed by atoms with E-state index in [1.54, 1.807) is 13.0 Å². The van der Waals surface area contributed by atoms with Crippen molar-refractivity contribution in [3.63, 3.8) is 0 Å². The molecule has 2 amide bonds. The van der Waals surface area contributed by atoms with Crippen LogP contribution in [0.15, 0.2) is 30.3 Å². The molecule has 0 saturated carbocycles. The molecular formula is C22H26FN3O4S. The first kappa shape index (κ1) is 22.9. The lowest BCUT2D eigenvalue weighted by atomic mass is 10.0. The van der Waals surface area contributed by atoms with Crippen molar-refractivity contribution in [2.24, 2.45) is 0 Å². The van der Waals surface area contributed by atoms with E-state index in [9.17, 15) is 18.8 Å². The van der Waals surface area contributed by atoms with Crippen LogP contribution in [0.2, 0.25) is 0 Å². The predicted molar refractivity (Wildman–Crippen MR) is 117 cm³/mol. The molecule has 166 valence electrons. The quantitative estimate of drug-likeness (QED) is 0.637. The second-order valence-electron chi connectivity index (χ2n) is 7.42. The van der Waals surface area contributed by atoms with Crippen molar-refractivity contribution >= 4 is 34.1 Å². The molecule has 7 nitrogen and oxygen atoms in total. The third-order valence-electron chi connectivity index (χ3n) is 5.04. The summed E-state index contributed by atoms with van der Waals surface area (Å²) in [7, 11) is 0. The van der Waals surface area contributed by atoms with Gasteiger partial charge in [-0.05, 0) is 62.6 Å². The van der Waals surface area contributed by atoms with Crippen LogP contribution in [0.3, 0.4) is 0 Å². The van der Waals surface area contributed by atoms with Gasteiger partial charge in [0.05, 0.1) is 18.2 Å². The smallest absolute Gasteiger partial charge is 0.348 e. The number of amides is 2. The number of hydrogen-bond donors (Lipinski definition) is 2. The van der Waals surface area contributed by atoms with Gasteiger partial charge in [-0.15, -0.1) is 11.3 Å². The molecule has 0 spiro atoms. The monoisotopic (exact) mass is 447 g/mol. The van der Waals surface area contributed by atoms with Gasteiger partial charge in [-0.2, -0.15) is 0 Å². The van der Waals surface area contributed by atoms with Gasteiger partial charge in [0, 0.05) is 24.7 Å². The Morgan fingerprint density at radius 3 is 2.52 bits per heavy atom. The molecule has 1 fully saturated rings. The van der Waals surface area contributed by atoms with Crippen molar-refractivity contribution < 1.29 is 23.5 Å². The fourth-order valence-electron chi connectivity index (χ4n) is 3.43. The van der Waals surface area contributed by atoms with E-state index >= 15 is 0 Å². The average Bonchev–Trinajstić information content (AvgIpc) is 3.10. The normalized spacial score (nSPS) is 14.8. The zero-order valence-electron chi connectivity index (χ0n) is 17.6. The Kier molecular flexibility index (Phi) is 7.75. The Morgan fingerprint density at radius 2 is 1.87 bits per heavy atom. The number of rotatable bonds is 7. The molecule has 0 atom stereocenters. The van der Waals surface area contributed by atoms with Gasteiger partial charge in [0.1, 0.15) is 10.7 Å². The first-order chi connectivity index (χ1) is 14.9. The molecule has 3 rings (SSSR count). The molecule has 31 heavy (non-hydrogen) atoms. The highest BCUT2D eigenvalue weighted by Crippen LogP contribution is 2.27. The van der Waals surface area contributed by atoms with Crippen molar-refractivity contribution in [1.82, 2.24) is 10.2 Å². The molecule has 1 aliphatic heterocycles. The first-order valence-electron chi connectivity index (χ1n) is 10.2. The number of likely N-dealkylation sites (tertiary alicyclic amines) is 1. The molecule has 1 aromatic carbocycles. The van der Waals surface area contributed by atoms with Crippen molar-refractivity contribution in [3.05, 3.63) is 52.2 Å². The lowest BCUT2D eigenvalue weighted by Gasteiger charge is -2.31. The van der Waals surface area contributed by atoms with E-state index in [1.807, 2.05) is 11.8 Å². The Hall–Kier alpha value is -2.78. The van der Waals surface area contributed by atoms with Crippen molar-refractivity contribution in [2.75, 3.05) is 31.6 Å². The lowest BCUT2D eigenvalue weighted by Crippen LogP contribution is -2.46. The third kappa shape index (κ3) is 6.35. The van der Waals surface area contributed by atoms with Crippen LogP contribution in [0.4, 0.5) is 9.39 Å². The van der Waals surface area contributed by atoms with Crippen molar-refractivity contribution in [1.29, 1.82) is 0 Å². The number of carbonyl (C=O) groups is 3. The highest BCUT2D eigenvalue weighted by Gasteiger charge is 2.23. The number of esters is 1. The van der Waals surface area contributed by atoms with E-state index in [2.05, 4.69) is 10.6 Å². The van der Waals surface area contributed by atoms with Crippen LogP contribution in [-0.2, 0) is 9.53 Å². The maximum absolute atomic E-state index is 13.0. The van der Waals surface area contributed by atoms with Gasteiger partial charge in [-0.25, -0.2) is 9.18 Å². The van der Waals surface area contributed by atoms with Crippen LogP contribution >= 0.6 is 11.3 Å². The van der Waals surface area contributed by atoms with Crippen LogP contribution < -0.4 is 10.6 Å². The summed E-state index contributed by atoms with van der Waals surface area (Å²) in [6, 6.07) is 7.24. The summed E-state index contributed by atoms with van der Waals surface area (Å²) in [4.78, 5) is 39.1. The Labute approximate surface area is 184 Å². The number of halogens is 1.